The lowest BCUT2D eigenvalue weighted by Gasteiger charge is -2.07. The Morgan fingerprint density at radius 1 is 1.47 bits per heavy atom. The monoisotopic (exact) mass is 206 g/mol. The Balaban J connectivity index is 3.32. The summed E-state index contributed by atoms with van der Waals surface area (Å²) in [6, 6.07) is 4.21. The van der Waals surface area contributed by atoms with Crippen molar-refractivity contribution >= 4 is 17.5 Å². The van der Waals surface area contributed by atoms with Gasteiger partial charge < -0.3 is 0 Å². The molecular formula is C10H10N2O3. The molecule has 0 N–H and O–H groups in total. The lowest BCUT2D eigenvalue weighted by molar-refractivity contribution is -0.384. The number of carbonyl (C=O) groups excluding carboxylic acids is 1. The third-order valence-corrected chi connectivity index (χ3v) is 2.01. The smallest absolute Gasteiger partial charge is 0.258 e. The number of nitro benzene ring substituents is 1. The summed E-state index contributed by atoms with van der Waals surface area (Å²) in [5.41, 5.74) is 1.11. The molecule has 0 aliphatic carbocycles. The van der Waals surface area contributed by atoms with Crippen LogP contribution in [0.1, 0.15) is 25.3 Å². The molecule has 1 aromatic rings. The average molecular weight is 206 g/mol. The summed E-state index contributed by atoms with van der Waals surface area (Å²) in [6.07, 6.45) is 1.43. The van der Waals surface area contributed by atoms with E-state index in [-0.39, 0.29) is 11.6 Å². The van der Waals surface area contributed by atoms with E-state index in [1.54, 1.807) is 0 Å². The zero-order chi connectivity index (χ0) is 11.4. The van der Waals surface area contributed by atoms with Gasteiger partial charge >= 0.3 is 0 Å². The van der Waals surface area contributed by atoms with Gasteiger partial charge in [0.25, 0.3) is 5.69 Å². The molecule has 78 valence electrons. The first-order chi connectivity index (χ1) is 7.06. The maximum atomic E-state index is 10.5. The minimum atomic E-state index is -0.472. The molecule has 0 aromatic heterocycles. The average Bonchev–Trinajstić information content (AvgIpc) is 2.18. The molecule has 1 aromatic carbocycles. The van der Waals surface area contributed by atoms with E-state index in [0.29, 0.717) is 11.3 Å². The van der Waals surface area contributed by atoms with Gasteiger partial charge in [-0.25, -0.2) is 4.79 Å². The van der Waals surface area contributed by atoms with Crippen molar-refractivity contribution in [2.45, 2.75) is 19.8 Å². The fourth-order valence-corrected chi connectivity index (χ4v) is 1.27. The Labute approximate surface area is 86.6 Å². The molecule has 1 rings (SSSR count). The van der Waals surface area contributed by atoms with E-state index >= 15 is 0 Å². The van der Waals surface area contributed by atoms with Gasteiger partial charge in [-0.2, -0.15) is 4.99 Å². The summed E-state index contributed by atoms with van der Waals surface area (Å²) in [4.78, 5) is 23.7. The topological polar surface area (TPSA) is 72.6 Å². The Bertz CT molecular complexity index is 434. The number of isocyanates is 1. The maximum Gasteiger partial charge on any atom is 0.269 e. The second kappa shape index (κ2) is 4.48. The first-order valence-corrected chi connectivity index (χ1v) is 4.42. The molecule has 0 amide bonds. The van der Waals surface area contributed by atoms with Crippen LogP contribution >= 0.6 is 0 Å². The second-order valence-electron chi connectivity index (χ2n) is 3.36. The molecule has 0 heterocycles. The van der Waals surface area contributed by atoms with E-state index in [0.717, 1.165) is 0 Å². The SMILES string of the molecule is CC(C)c1cc([N+](=O)[O-])ccc1N=C=O. The summed E-state index contributed by atoms with van der Waals surface area (Å²) in [6.45, 7) is 3.76. The lowest BCUT2D eigenvalue weighted by Crippen LogP contribution is -1.93. The molecule has 0 aliphatic heterocycles. The summed E-state index contributed by atoms with van der Waals surface area (Å²) >= 11 is 0. The molecule has 0 unspecified atom stereocenters. The molecule has 0 saturated heterocycles. The number of non-ortho nitro benzene ring substituents is 1. The fourth-order valence-electron chi connectivity index (χ4n) is 1.27. The van der Waals surface area contributed by atoms with Crippen LogP contribution < -0.4 is 0 Å². The summed E-state index contributed by atoms with van der Waals surface area (Å²) in [5.74, 6) is 0.0667. The summed E-state index contributed by atoms with van der Waals surface area (Å²) in [7, 11) is 0. The van der Waals surface area contributed by atoms with Crippen LogP contribution in [0.5, 0.6) is 0 Å². The molecule has 0 atom stereocenters. The fraction of sp³-hybridized carbons (Fsp3) is 0.300. The quantitative estimate of drug-likeness (QED) is 0.330. The van der Waals surface area contributed by atoms with Crippen molar-refractivity contribution in [1.29, 1.82) is 0 Å². The first-order valence-electron chi connectivity index (χ1n) is 4.42. The lowest BCUT2D eigenvalue weighted by atomic mass is 10.0. The van der Waals surface area contributed by atoms with E-state index < -0.39 is 4.92 Å². The van der Waals surface area contributed by atoms with Gasteiger partial charge in [0.1, 0.15) is 0 Å². The van der Waals surface area contributed by atoms with E-state index in [1.807, 2.05) is 13.8 Å². The van der Waals surface area contributed by atoms with Gasteiger partial charge in [-0.3, -0.25) is 10.1 Å². The largest absolute Gasteiger partial charge is 0.269 e. The predicted molar refractivity (Wildman–Crippen MR) is 55.0 cm³/mol. The van der Waals surface area contributed by atoms with Gasteiger partial charge in [0, 0.05) is 12.1 Å². The Morgan fingerprint density at radius 2 is 2.13 bits per heavy atom. The van der Waals surface area contributed by atoms with Crippen molar-refractivity contribution in [3.05, 3.63) is 33.9 Å². The van der Waals surface area contributed by atoms with Crippen LogP contribution in [-0.4, -0.2) is 11.0 Å². The van der Waals surface area contributed by atoms with Crippen LogP contribution in [0.15, 0.2) is 23.2 Å². The summed E-state index contributed by atoms with van der Waals surface area (Å²) < 4.78 is 0. The number of benzene rings is 1. The third-order valence-electron chi connectivity index (χ3n) is 2.01. The van der Waals surface area contributed by atoms with Crippen molar-refractivity contribution in [1.82, 2.24) is 0 Å². The highest BCUT2D eigenvalue weighted by atomic mass is 16.6. The minimum absolute atomic E-state index is 0.00329. The second-order valence-corrected chi connectivity index (χ2v) is 3.36. The number of hydrogen-bond donors (Lipinski definition) is 0. The highest BCUT2D eigenvalue weighted by Gasteiger charge is 2.12. The van der Waals surface area contributed by atoms with E-state index in [2.05, 4.69) is 4.99 Å². The first kappa shape index (κ1) is 11.1. The van der Waals surface area contributed by atoms with Gasteiger partial charge in [0.15, 0.2) is 0 Å². The Morgan fingerprint density at radius 3 is 2.60 bits per heavy atom. The molecule has 5 heteroatoms. The Kier molecular flexibility index (Phi) is 3.31. The van der Waals surface area contributed by atoms with Crippen molar-refractivity contribution in [3.8, 4) is 0 Å². The van der Waals surface area contributed by atoms with Gasteiger partial charge in [0.05, 0.1) is 10.6 Å². The van der Waals surface area contributed by atoms with Crippen molar-refractivity contribution < 1.29 is 9.72 Å². The molecule has 0 saturated carbocycles. The van der Waals surface area contributed by atoms with Gasteiger partial charge in [-0.15, -0.1) is 0 Å². The number of nitrogens with zero attached hydrogens (tertiary/aromatic N) is 2. The zero-order valence-corrected chi connectivity index (χ0v) is 8.43. The van der Waals surface area contributed by atoms with Crippen molar-refractivity contribution in [2.24, 2.45) is 4.99 Å². The van der Waals surface area contributed by atoms with Crippen molar-refractivity contribution in [3.63, 3.8) is 0 Å². The molecule has 15 heavy (non-hydrogen) atoms. The Hall–Kier alpha value is -2.00. The standard InChI is InChI=1S/C10H10N2O3/c1-7(2)9-5-8(12(14)15)3-4-10(9)11-6-13/h3-5,7H,1-2H3. The molecule has 5 nitrogen and oxygen atoms in total. The zero-order valence-electron chi connectivity index (χ0n) is 8.43. The molecule has 0 spiro atoms. The van der Waals surface area contributed by atoms with E-state index in [4.69, 9.17) is 0 Å². The van der Waals surface area contributed by atoms with Gasteiger partial charge in [0.2, 0.25) is 6.08 Å². The molecule has 0 radical (unpaired) electrons. The van der Waals surface area contributed by atoms with Crippen LogP contribution in [-0.2, 0) is 4.79 Å². The third kappa shape index (κ3) is 2.48. The number of aliphatic imine (C=N–C) groups is 1. The highest BCUT2D eigenvalue weighted by molar-refractivity contribution is 5.58. The molecule has 0 aliphatic rings. The predicted octanol–water partition coefficient (Wildman–Crippen LogP) is 2.69. The molecule has 0 bridgehead atoms. The van der Waals surface area contributed by atoms with E-state index in [9.17, 15) is 14.9 Å². The maximum absolute atomic E-state index is 10.5. The van der Waals surface area contributed by atoms with E-state index in [1.165, 1.54) is 24.3 Å². The normalized spacial score (nSPS) is 9.80. The van der Waals surface area contributed by atoms with Crippen LogP contribution in [0, 0.1) is 10.1 Å². The highest BCUT2D eigenvalue weighted by Crippen LogP contribution is 2.29. The minimum Gasteiger partial charge on any atom is -0.258 e. The van der Waals surface area contributed by atoms with Crippen LogP contribution in [0.25, 0.3) is 0 Å². The summed E-state index contributed by atoms with van der Waals surface area (Å²) in [5, 5.41) is 10.5. The van der Waals surface area contributed by atoms with Crippen LogP contribution in [0.4, 0.5) is 11.4 Å². The molecular weight excluding hydrogens is 196 g/mol. The van der Waals surface area contributed by atoms with Gasteiger partial charge in [-0.05, 0) is 17.5 Å². The number of rotatable bonds is 3. The van der Waals surface area contributed by atoms with Crippen LogP contribution in [0.3, 0.4) is 0 Å². The molecule has 0 fully saturated rings. The van der Waals surface area contributed by atoms with Crippen LogP contribution in [0.2, 0.25) is 0 Å². The van der Waals surface area contributed by atoms with Gasteiger partial charge in [-0.1, -0.05) is 13.8 Å². The van der Waals surface area contributed by atoms with Crippen molar-refractivity contribution in [2.75, 3.05) is 0 Å². The number of hydrogen-bond acceptors (Lipinski definition) is 4. The number of nitro groups is 1.